The van der Waals surface area contributed by atoms with Gasteiger partial charge in [-0.2, -0.15) is 0 Å². The fourth-order valence-corrected chi connectivity index (χ4v) is 4.73. The number of thiophene rings is 1. The van der Waals surface area contributed by atoms with Crippen molar-refractivity contribution >= 4 is 33.8 Å². The van der Waals surface area contributed by atoms with Crippen molar-refractivity contribution in [2.24, 2.45) is 5.92 Å². The Bertz CT molecular complexity index is 867. The molecule has 0 bridgehead atoms. The Balaban J connectivity index is 1.30. The molecule has 4 rings (SSSR count). The number of hydrogen-bond donors (Lipinski definition) is 1. The van der Waals surface area contributed by atoms with Crippen LogP contribution in [0.25, 0.3) is 0 Å². The number of ether oxygens (including phenoxy) is 2. The van der Waals surface area contributed by atoms with Gasteiger partial charge in [0.1, 0.15) is 23.2 Å². The predicted molar refractivity (Wildman–Crippen MR) is 108 cm³/mol. The summed E-state index contributed by atoms with van der Waals surface area (Å²) < 4.78 is 24.5. The van der Waals surface area contributed by atoms with E-state index in [1.165, 1.54) is 23.5 Å². The van der Waals surface area contributed by atoms with Crippen molar-refractivity contribution in [3.8, 4) is 11.5 Å². The molecule has 1 N–H and O–H groups in total. The molecule has 5 nitrogen and oxygen atoms in total. The van der Waals surface area contributed by atoms with E-state index in [2.05, 4.69) is 12.2 Å². The number of hydrogen-bond acceptors (Lipinski definition) is 5. The molecular weight excluding hydrogens is 403 g/mol. The zero-order valence-electron chi connectivity index (χ0n) is 15.5. The second kappa shape index (κ2) is 8.17. The molecule has 1 fully saturated rings. The summed E-state index contributed by atoms with van der Waals surface area (Å²) in [4.78, 5) is 15.4. The zero-order chi connectivity index (χ0) is 19.7. The van der Waals surface area contributed by atoms with Crippen LogP contribution in [0.3, 0.4) is 0 Å². The van der Waals surface area contributed by atoms with Gasteiger partial charge < -0.3 is 19.7 Å². The van der Waals surface area contributed by atoms with Crippen LogP contribution < -0.4 is 14.8 Å². The summed E-state index contributed by atoms with van der Waals surface area (Å²) in [6, 6.07) is 6.22. The van der Waals surface area contributed by atoms with E-state index >= 15 is 0 Å². The highest BCUT2D eigenvalue weighted by Crippen LogP contribution is 2.38. The number of amides is 1. The van der Waals surface area contributed by atoms with Crippen LogP contribution in [-0.4, -0.2) is 43.2 Å². The fourth-order valence-electron chi connectivity index (χ4n) is 3.43. The zero-order valence-corrected chi connectivity index (χ0v) is 17.1. The van der Waals surface area contributed by atoms with Crippen molar-refractivity contribution in [2.45, 2.75) is 25.8 Å². The first kappa shape index (κ1) is 19.3. The van der Waals surface area contributed by atoms with Crippen LogP contribution in [0.4, 0.5) is 9.39 Å². The van der Waals surface area contributed by atoms with Crippen molar-refractivity contribution in [1.82, 2.24) is 4.90 Å². The number of anilines is 1. The van der Waals surface area contributed by atoms with Crippen molar-refractivity contribution in [3.63, 3.8) is 0 Å². The third-order valence-corrected chi connectivity index (χ3v) is 6.38. The molecule has 0 saturated carbocycles. The number of nitrogens with one attached hydrogen (secondary N) is 1. The maximum atomic E-state index is 13.1. The molecule has 2 aromatic rings. The third kappa shape index (κ3) is 4.20. The molecule has 150 valence electrons. The molecule has 1 aromatic carbocycles. The van der Waals surface area contributed by atoms with Crippen LogP contribution in [0.2, 0.25) is 5.02 Å². The lowest BCUT2D eigenvalue weighted by Gasteiger charge is -2.31. The summed E-state index contributed by atoms with van der Waals surface area (Å²) in [6.07, 6.45) is 1.73. The number of likely N-dealkylation sites (tertiary alicyclic amines) is 1. The molecule has 1 aromatic heterocycles. The summed E-state index contributed by atoms with van der Waals surface area (Å²) in [5.74, 6) is 1.28. The third-order valence-electron chi connectivity index (χ3n) is 5.05. The topological polar surface area (TPSA) is 50.8 Å². The maximum absolute atomic E-state index is 13.1. The Hall–Kier alpha value is -1.99. The Kier molecular flexibility index (Phi) is 5.64. The number of rotatable bonds is 4. The first-order valence-electron chi connectivity index (χ1n) is 9.40. The number of piperidine rings is 1. The van der Waals surface area contributed by atoms with E-state index in [4.69, 9.17) is 21.1 Å². The minimum atomic E-state index is -0.380. The second-order valence-electron chi connectivity index (χ2n) is 7.28. The number of halogens is 2. The predicted octanol–water partition coefficient (Wildman–Crippen LogP) is 4.66. The first-order valence-corrected chi connectivity index (χ1v) is 10.6. The van der Waals surface area contributed by atoms with E-state index in [1.54, 1.807) is 6.07 Å². The molecular formula is C20H22ClFN2O3S. The lowest BCUT2D eigenvalue weighted by molar-refractivity contribution is 0.0665. The molecule has 0 aliphatic carbocycles. The van der Waals surface area contributed by atoms with Gasteiger partial charge in [0.25, 0.3) is 5.91 Å². The minimum absolute atomic E-state index is 0.0541. The Morgan fingerprint density at radius 3 is 2.93 bits per heavy atom. The highest BCUT2D eigenvalue weighted by Gasteiger charge is 2.27. The van der Waals surface area contributed by atoms with E-state index in [-0.39, 0.29) is 22.8 Å². The van der Waals surface area contributed by atoms with Gasteiger partial charge in [0.05, 0.1) is 22.5 Å². The molecule has 2 aliphatic heterocycles. The van der Waals surface area contributed by atoms with E-state index < -0.39 is 0 Å². The number of carbonyl (C=O) groups excluding carboxylic acids is 1. The van der Waals surface area contributed by atoms with Crippen LogP contribution >= 0.6 is 22.9 Å². The second-order valence-corrected chi connectivity index (χ2v) is 8.74. The standard InChI is InChI=1S/C20H22ClFN2O3S/c1-12-10-26-17-9-18(28-19(17)23-12)20(25)24-6-4-13(5-7-24)11-27-16-3-2-14(22)8-15(16)21/h2-3,8-9,12-13,23H,4-7,10-11H2,1H3. The van der Waals surface area contributed by atoms with Crippen molar-refractivity contribution in [1.29, 1.82) is 0 Å². The normalized spacial score (nSPS) is 19.5. The highest BCUT2D eigenvalue weighted by molar-refractivity contribution is 7.18. The molecule has 0 radical (unpaired) electrons. The smallest absolute Gasteiger partial charge is 0.264 e. The van der Waals surface area contributed by atoms with Gasteiger partial charge in [-0.15, -0.1) is 11.3 Å². The molecule has 3 heterocycles. The summed E-state index contributed by atoms with van der Waals surface area (Å²) >= 11 is 7.45. The van der Waals surface area contributed by atoms with Crippen LogP contribution in [0.5, 0.6) is 11.5 Å². The summed E-state index contributed by atoms with van der Waals surface area (Å²) in [7, 11) is 0. The van der Waals surface area contributed by atoms with Gasteiger partial charge in [-0.3, -0.25) is 4.79 Å². The molecule has 0 spiro atoms. The van der Waals surface area contributed by atoms with Crippen LogP contribution in [0.1, 0.15) is 29.4 Å². The molecule has 1 atom stereocenters. The average molecular weight is 425 g/mol. The molecule has 1 saturated heterocycles. The van der Waals surface area contributed by atoms with Crippen molar-refractivity contribution < 1.29 is 18.7 Å². The van der Waals surface area contributed by atoms with Crippen molar-refractivity contribution in [2.75, 3.05) is 31.6 Å². The number of fused-ring (bicyclic) bond motifs is 1. The Morgan fingerprint density at radius 2 is 2.18 bits per heavy atom. The van der Waals surface area contributed by atoms with Gasteiger partial charge in [-0.05, 0) is 43.9 Å². The monoisotopic (exact) mass is 424 g/mol. The van der Waals surface area contributed by atoms with Gasteiger partial charge >= 0.3 is 0 Å². The SMILES string of the molecule is CC1COc2cc(C(=O)N3CCC(COc4ccc(F)cc4Cl)CC3)sc2N1. The van der Waals surface area contributed by atoms with Gasteiger partial charge in [-0.1, -0.05) is 11.6 Å². The molecule has 1 amide bonds. The minimum Gasteiger partial charge on any atom is -0.492 e. The van der Waals surface area contributed by atoms with Gasteiger partial charge in [-0.25, -0.2) is 4.39 Å². The van der Waals surface area contributed by atoms with Crippen LogP contribution in [-0.2, 0) is 0 Å². The Morgan fingerprint density at radius 1 is 1.39 bits per heavy atom. The van der Waals surface area contributed by atoms with E-state index in [9.17, 15) is 9.18 Å². The fraction of sp³-hybridized carbons (Fsp3) is 0.450. The summed E-state index contributed by atoms with van der Waals surface area (Å²) in [6.45, 7) is 4.56. The molecule has 1 unspecified atom stereocenters. The molecule has 2 aliphatic rings. The van der Waals surface area contributed by atoms with Gasteiger partial charge in [0.2, 0.25) is 0 Å². The van der Waals surface area contributed by atoms with E-state index in [1.807, 2.05) is 11.0 Å². The summed E-state index contributed by atoms with van der Waals surface area (Å²) in [5, 5.41) is 4.57. The van der Waals surface area contributed by atoms with E-state index in [0.29, 0.717) is 42.8 Å². The highest BCUT2D eigenvalue weighted by atomic mass is 35.5. The van der Waals surface area contributed by atoms with Gasteiger partial charge in [0, 0.05) is 19.2 Å². The first-order chi connectivity index (χ1) is 13.5. The van der Waals surface area contributed by atoms with Crippen LogP contribution in [0.15, 0.2) is 24.3 Å². The van der Waals surface area contributed by atoms with Crippen LogP contribution in [0, 0.1) is 11.7 Å². The number of benzene rings is 1. The quantitative estimate of drug-likeness (QED) is 0.775. The molecule has 28 heavy (non-hydrogen) atoms. The lowest BCUT2D eigenvalue weighted by Crippen LogP contribution is -2.39. The lowest BCUT2D eigenvalue weighted by atomic mass is 9.97. The summed E-state index contributed by atoms with van der Waals surface area (Å²) in [5.41, 5.74) is 0. The molecule has 8 heteroatoms. The number of carbonyl (C=O) groups is 1. The average Bonchev–Trinajstić information content (AvgIpc) is 3.10. The van der Waals surface area contributed by atoms with Crippen molar-refractivity contribution in [3.05, 3.63) is 40.0 Å². The van der Waals surface area contributed by atoms with Gasteiger partial charge in [0.15, 0.2) is 5.75 Å². The van der Waals surface area contributed by atoms with E-state index in [0.717, 1.165) is 23.6 Å². The Labute approximate surface area is 172 Å². The maximum Gasteiger partial charge on any atom is 0.264 e. The largest absolute Gasteiger partial charge is 0.492 e. The number of nitrogens with zero attached hydrogens (tertiary/aromatic N) is 1.